The van der Waals surface area contributed by atoms with Crippen molar-refractivity contribution >= 4 is 0 Å². The maximum Gasteiger partial charge on any atom is 0.154 e. The molecular formula is C14H28F4N4. The lowest BCUT2D eigenvalue weighted by Crippen LogP contribution is -2.40. The van der Waals surface area contributed by atoms with Gasteiger partial charge in [0.05, 0.1) is 0 Å². The molecule has 1 heterocycles. The molecule has 22 heavy (non-hydrogen) atoms. The second-order valence-electron chi connectivity index (χ2n) is 5.83. The maximum atomic E-state index is 13.9. The van der Waals surface area contributed by atoms with E-state index < -0.39 is 25.2 Å². The zero-order valence-corrected chi connectivity index (χ0v) is 13.4. The number of rotatable bonds is 0. The molecule has 0 aromatic rings. The molecule has 0 aromatic heterocycles. The van der Waals surface area contributed by atoms with Crippen LogP contribution in [0.25, 0.3) is 0 Å². The van der Waals surface area contributed by atoms with Crippen LogP contribution in [0.4, 0.5) is 17.6 Å². The topological polar surface area (TPSA) is 30.5 Å². The Morgan fingerprint density at radius 2 is 1.14 bits per heavy atom. The first-order chi connectivity index (χ1) is 10.4. The van der Waals surface area contributed by atoms with Crippen molar-refractivity contribution in [1.29, 1.82) is 0 Å². The van der Waals surface area contributed by atoms with Crippen LogP contribution in [0.5, 0.6) is 0 Å². The van der Waals surface area contributed by atoms with Gasteiger partial charge in [0.25, 0.3) is 0 Å². The van der Waals surface area contributed by atoms with Gasteiger partial charge < -0.3 is 0 Å². The van der Waals surface area contributed by atoms with Crippen molar-refractivity contribution in [2.45, 2.75) is 50.9 Å². The van der Waals surface area contributed by atoms with Gasteiger partial charge in [-0.1, -0.05) is 0 Å². The summed E-state index contributed by atoms with van der Waals surface area (Å²) < 4.78 is 54.9. The van der Waals surface area contributed by atoms with E-state index in [4.69, 9.17) is 0 Å². The van der Waals surface area contributed by atoms with Gasteiger partial charge in [-0.15, -0.1) is 0 Å². The predicted octanol–water partition coefficient (Wildman–Crippen LogP) is 1.79. The highest BCUT2D eigenvalue weighted by Gasteiger charge is 2.20. The third-order valence-electron chi connectivity index (χ3n) is 3.92. The van der Waals surface area contributed by atoms with Gasteiger partial charge in [-0.3, -0.25) is 20.4 Å². The Kier molecular flexibility index (Phi) is 9.23. The van der Waals surface area contributed by atoms with Gasteiger partial charge in [-0.2, -0.15) is 0 Å². The summed E-state index contributed by atoms with van der Waals surface area (Å²) in [5.74, 6) is 0. The van der Waals surface area contributed by atoms with Gasteiger partial charge >= 0.3 is 0 Å². The number of nitrogens with zero attached hydrogens (tertiary/aromatic N) is 2. The summed E-state index contributed by atoms with van der Waals surface area (Å²) in [4.78, 5) is 2.83. The second kappa shape index (κ2) is 10.4. The molecule has 1 fully saturated rings. The highest BCUT2D eigenvalue weighted by molar-refractivity contribution is 4.68. The largest absolute Gasteiger partial charge is 0.288 e. The second-order valence-corrected chi connectivity index (χ2v) is 5.83. The minimum atomic E-state index is -1.29. The highest BCUT2D eigenvalue weighted by atomic mass is 19.1. The summed E-state index contributed by atoms with van der Waals surface area (Å²) in [6.45, 7) is 0.861. The van der Waals surface area contributed by atoms with Gasteiger partial charge in [-0.25, -0.2) is 17.6 Å². The average molecular weight is 328 g/mol. The fourth-order valence-electron chi connectivity index (χ4n) is 2.28. The van der Waals surface area contributed by atoms with E-state index in [0.29, 0.717) is 0 Å². The van der Waals surface area contributed by atoms with E-state index in [1.54, 1.807) is 14.1 Å². The van der Waals surface area contributed by atoms with E-state index >= 15 is 0 Å². The van der Waals surface area contributed by atoms with Crippen LogP contribution in [0.3, 0.4) is 0 Å². The summed E-state index contributed by atoms with van der Waals surface area (Å²) >= 11 is 0. The lowest BCUT2D eigenvalue weighted by atomic mass is 10.2. The molecule has 2 N–H and O–H groups in total. The number of nitrogens with one attached hydrogen (secondary N) is 2. The number of alkyl halides is 4. The molecule has 1 rings (SSSR count). The Morgan fingerprint density at radius 1 is 0.682 bits per heavy atom. The van der Waals surface area contributed by atoms with Crippen LogP contribution in [0, 0.1) is 0 Å². The van der Waals surface area contributed by atoms with Gasteiger partial charge in [0.15, 0.2) is 25.2 Å². The first-order valence-electron chi connectivity index (χ1n) is 7.83. The lowest BCUT2D eigenvalue weighted by molar-refractivity contribution is 0.0493. The number of halogens is 4. The Morgan fingerprint density at radius 3 is 1.77 bits per heavy atom. The average Bonchev–Trinajstić information content (AvgIpc) is 2.48. The Bertz CT molecular complexity index is 298. The third kappa shape index (κ3) is 7.71. The van der Waals surface area contributed by atoms with Crippen molar-refractivity contribution < 1.29 is 17.6 Å². The van der Waals surface area contributed by atoms with Crippen molar-refractivity contribution in [3.63, 3.8) is 0 Å². The molecule has 0 amide bonds. The summed E-state index contributed by atoms with van der Waals surface area (Å²) in [7, 11) is 3.16. The maximum absolute atomic E-state index is 13.9. The molecule has 4 nitrogen and oxygen atoms in total. The minimum absolute atomic E-state index is 0.106. The summed E-state index contributed by atoms with van der Waals surface area (Å²) in [5, 5.41) is 5.14. The summed E-state index contributed by atoms with van der Waals surface area (Å²) in [5.41, 5.74) is 0. The highest BCUT2D eigenvalue weighted by Crippen LogP contribution is 2.11. The van der Waals surface area contributed by atoms with E-state index in [-0.39, 0.29) is 51.9 Å². The first kappa shape index (κ1) is 19.6. The van der Waals surface area contributed by atoms with Crippen LogP contribution in [-0.4, -0.2) is 75.3 Å². The minimum Gasteiger partial charge on any atom is -0.288 e. The monoisotopic (exact) mass is 328 g/mol. The Hall–Kier alpha value is -0.440. The van der Waals surface area contributed by atoms with Crippen LogP contribution in [0.15, 0.2) is 0 Å². The van der Waals surface area contributed by atoms with Crippen molar-refractivity contribution in [3.8, 4) is 0 Å². The van der Waals surface area contributed by atoms with E-state index in [1.807, 2.05) is 0 Å². The molecule has 0 bridgehead atoms. The molecular weight excluding hydrogens is 300 g/mol. The molecule has 0 aliphatic carbocycles. The Balaban J connectivity index is 2.52. The normalized spacial score (nSPS) is 36.3. The van der Waals surface area contributed by atoms with E-state index in [2.05, 4.69) is 10.6 Å². The van der Waals surface area contributed by atoms with E-state index in [0.717, 1.165) is 0 Å². The van der Waals surface area contributed by atoms with Crippen LogP contribution in [-0.2, 0) is 0 Å². The summed E-state index contributed by atoms with van der Waals surface area (Å²) in [6, 6.07) is 0. The van der Waals surface area contributed by atoms with Crippen molar-refractivity contribution in [1.82, 2.24) is 20.4 Å². The number of hydrogen-bond acceptors (Lipinski definition) is 4. The Labute approximate surface area is 130 Å². The third-order valence-corrected chi connectivity index (χ3v) is 3.92. The smallest absolute Gasteiger partial charge is 0.154 e. The molecule has 0 aromatic carbocycles. The molecule has 1 saturated heterocycles. The molecule has 4 atom stereocenters. The van der Waals surface area contributed by atoms with Crippen molar-refractivity contribution in [3.05, 3.63) is 0 Å². The van der Waals surface area contributed by atoms with Gasteiger partial charge in [0, 0.05) is 51.9 Å². The van der Waals surface area contributed by atoms with Crippen molar-refractivity contribution in [2.24, 2.45) is 0 Å². The molecule has 4 unspecified atom stereocenters. The van der Waals surface area contributed by atoms with E-state index in [9.17, 15) is 17.6 Å². The van der Waals surface area contributed by atoms with Gasteiger partial charge in [0.1, 0.15) is 0 Å². The zero-order valence-electron chi connectivity index (χ0n) is 13.4. The van der Waals surface area contributed by atoms with Gasteiger partial charge in [0.2, 0.25) is 0 Å². The SMILES string of the molecule is CN1CCC(F)NCCC(F)NCCC(F)N(C)CCC1F. The molecule has 1 aliphatic rings. The van der Waals surface area contributed by atoms with Crippen LogP contribution >= 0.6 is 0 Å². The molecule has 0 radical (unpaired) electrons. The van der Waals surface area contributed by atoms with Gasteiger partial charge in [-0.05, 0) is 14.1 Å². The number of hydrogen-bond donors (Lipinski definition) is 2. The molecule has 0 saturated carbocycles. The predicted molar refractivity (Wildman–Crippen MR) is 79.3 cm³/mol. The van der Waals surface area contributed by atoms with Crippen molar-refractivity contribution in [2.75, 3.05) is 40.3 Å². The zero-order chi connectivity index (χ0) is 16.5. The fraction of sp³-hybridized carbons (Fsp3) is 1.00. The van der Waals surface area contributed by atoms with E-state index in [1.165, 1.54) is 9.80 Å². The first-order valence-corrected chi connectivity index (χ1v) is 7.83. The van der Waals surface area contributed by atoms with Crippen LogP contribution in [0.2, 0.25) is 0 Å². The molecule has 8 heteroatoms. The molecule has 132 valence electrons. The van der Waals surface area contributed by atoms with Crippen LogP contribution < -0.4 is 10.6 Å². The molecule has 1 aliphatic heterocycles. The fourth-order valence-corrected chi connectivity index (χ4v) is 2.28. The quantitative estimate of drug-likeness (QED) is 0.524. The van der Waals surface area contributed by atoms with Crippen LogP contribution in [0.1, 0.15) is 25.7 Å². The lowest BCUT2D eigenvalue weighted by Gasteiger charge is -2.27. The molecule has 0 spiro atoms. The standard InChI is InChI=1S/C14H28F4N4/c1-21-9-5-12(16)19-7-3-11(15)20-8-4-13(17)22(2)10-6-14(21)18/h11-14,19-20H,3-10H2,1-2H3. The summed E-state index contributed by atoms with van der Waals surface area (Å²) in [6.07, 6.45) is -4.53.